The zero-order chi connectivity index (χ0) is 104. The van der Waals surface area contributed by atoms with Crippen LogP contribution in [0.3, 0.4) is 0 Å². The third kappa shape index (κ3) is 82.5. The molecule has 0 aromatic carbocycles. The fraction of sp³-hybridized carbons (Fsp3) is 0.914. The van der Waals surface area contributed by atoms with Crippen LogP contribution in [0.15, 0.2) is 12.7 Å². The van der Waals surface area contributed by atoms with Crippen molar-refractivity contribution in [3.8, 4) is 0 Å². The molecule has 0 aliphatic carbocycles. The van der Waals surface area contributed by atoms with Gasteiger partial charge in [-0.05, 0) is 142 Å². The normalized spacial score (nSPS) is 12.9. The third-order valence-electron chi connectivity index (χ3n) is 29.1. The maximum absolute atomic E-state index is 15.0. The lowest BCUT2D eigenvalue weighted by atomic mass is 10.0. The monoisotopic (exact) mass is 2020 g/mol. The fourth-order valence-corrected chi connectivity index (χ4v) is 19.7. The number of allylic oxidation sites excluding steroid dienone is 1. The number of piperazine rings is 1. The highest BCUT2D eigenvalue weighted by molar-refractivity contribution is 5.92. The lowest BCUT2D eigenvalue weighted by Gasteiger charge is -2.34. The Bertz CT molecular complexity index is 2940. The molecule has 13 N–H and O–H groups in total. The van der Waals surface area contributed by atoms with Gasteiger partial charge in [-0.1, -0.05) is 394 Å². The van der Waals surface area contributed by atoms with Crippen molar-refractivity contribution in [2.24, 2.45) is 22.9 Å². The van der Waals surface area contributed by atoms with E-state index in [9.17, 15) is 43.8 Å². The van der Waals surface area contributed by atoms with Gasteiger partial charge in [-0.3, -0.25) is 43.3 Å². The van der Waals surface area contributed by atoms with Crippen LogP contribution in [0.5, 0.6) is 0 Å². The highest BCUT2D eigenvalue weighted by atomic mass is 16.3. The summed E-state index contributed by atoms with van der Waals surface area (Å²) in [6.07, 6.45) is 74.5. The Labute approximate surface area is 878 Å². The zero-order valence-corrected chi connectivity index (χ0v) is 93.9. The van der Waals surface area contributed by atoms with Crippen molar-refractivity contribution in [1.29, 1.82) is 0 Å². The average molecular weight is 2020 g/mol. The Morgan fingerprint density at radius 2 is 0.531 bits per heavy atom. The summed E-state index contributed by atoms with van der Waals surface area (Å²) in [4.78, 5) is 134. The fourth-order valence-electron chi connectivity index (χ4n) is 19.7. The summed E-state index contributed by atoms with van der Waals surface area (Å²) in [6, 6.07) is 0. The van der Waals surface area contributed by atoms with E-state index in [1.165, 1.54) is 204 Å². The maximum atomic E-state index is 15.0. The predicted octanol–water partition coefficient (Wildman–Crippen LogP) is 19.7. The van der Waals surface area contributed by atoms with Gasteiger partial charge in [0.2, 0.25) is 47.3 Å². The first kappa shape index (κ1) is 136. The molecule has 2 atom stereocenters. The van der Waals surface area contributed by atoms with Gasteiger partial charge in [-0.25, -0.2) is 0 Å². The van der Waals surface area contributed by atoms with Crippen molar-refractivity contribution < 1.29 is 48.6 Å². The van der Waals surface area contributed by atoms with Crippen molar-refractivity contribution in [2.75, 3.05) is 196 Å². The van der Waals surface area contributed by atoms with Crippen LogP contribution in [-0.2, 0) is 38.4 Å². The van der Waals surface area contributed by atoms with Crippen LogP contribution < -0.4 is 38.9 Å². The number of nitrogens with two attached hydrogens (primary N) is 4. The van der Waals surface area contributed by atoms with Crippen LogP contribution >= 0.6 is 0 Å². The summed E-state index contributed by atoms with van der Waals surface area (Å²) >= 11 is 0. The van der Waals surface area contributed by atoms with Crippen LogP contribution in [0.25, 0.3) is 0 Å². The van der Waals surface area contributed by atoms with E-state index in [0.717, 1.165) is 303 Å². The molecule has 1 saturated heterocycles. The highest BCUT2D eigenvalue weighted by Crippen LogP contribution is 2.22. The molecule has 143 heavy (non-hydrogen) atoms. The Hall–Kier alpha value is -4.94. The van der Waals surface area contributed by atoms with Crippen LogP contribution in [0.1, 0.15) is 478 Å². The quantitative estimate of drug-likeness (QED) is 0.0155. The minimum atomic E-state index is -1.22. The summed E-state index contributed by atoms with van der Waals surface area (Å²) in [6.45, 7) is 28.6. The van der Waals surface area contributed by atoms with Crippen molar-refractivity contribution in [3.63, 3.8) is 0 Å². The Balaban J connectivity index is 3.08. The summed E-state index contributed by atoms with van der Waals surface area (Å²) in [5.41, 5.74) is 23.3. The van der Waals surface area contributed by atoms with Gasteiger partial charge in [0.05, 0.1) is 58.9 Å². The highest BCUT2D eigenvalue weighted by Gasteiger charge is 2.31. The van der Waals surface area contributed by atoms with Crippen LogP contribution in [-0.4, -0.2) is 315 Å². The first-order valence-electron chi connectivity index (χ1n) is 60.5. The summed E-state index contributed by atoms with van der Waals surface area (Å²) in [5.74, 6) is -2.23. The molecule has 0 spiro atoms. The number of rotatable bonds is 110. The van der Waals surface area contributed by atoms with Crippen LogP contribution in [0, 0.1) is 0 Å². The largest absolute Gasteiger partial charge is 0.377 e. The number of aliphatic hydroxyl groups excluding tert-OH is 2. The number of primary amides is 1. The van der Waals surface area contributed by atoms with E-state index in [1.807, 2.05) is 11.0 Å². The van der Waals surface area contributed by atoms with E-state index in [4.69, 9.17) is 22.9 Å². The second-order valence-corrected chi connectivity index (χ2v) is 42.5. The number of unbranched alkanes of at least 4 members (excludes halogenated alkanes) is 58. The molecule has 0 aromatic rings. The number of nitrogens with one attached hydrogen (secondary N) is 3. The number of aliphatic hydroxyl groups is 2. The van der Waals surface area contributed by atoms with E-state index in [0.29, 0.717) is 78.4 Å². The molecule has 1 aliphatic heterocycles. The van der Waals surface area contributed by atoms with Gasteiger partial charge in [-0.15, -0.1) is 6.58 Å². The topological polar surface area (TPSA) is 350 Å². The van der Waals surface area contributed by atoms with Gasteiger partial charge in [0.25, 0.3) is 0 Å². The molecule has 1 rings (SSSR count). The molecule has 8 amide bonds. The first-order chi connectivity index (χ1) is 69.8. The SMILES string of the molecule is C=CCCCCCCCCN(CC(=O)N(CCCCCCCCCC)CC(N)=O)C(=O)CN(CCCCCCCCCC)C(=O)CN(CCCCCCCCCCCCCCCCCCCCN(CC(N)O)C(=O)CN(CCCCCCCCCC)C(=O)CN(CCCCCCCCCC)C(=O)CN(CCCCCCCCCC)C(O)CNCCCN1CCN(CCCN)CC1)C(=O)CNCCCNCCCN. The minimum absolute atomic E-state index is 0.00909. The molecular formula is C116H231N17O10. The molecule has 1 aliphatic rings. The van der Waals surface area contributed by atoms with E-state index in [-0.39, 0.29) is 100 Å². The number of hydrogen-bond donors (Lipinski definition) is 9. The Morgan fingerprint density at radius 3 is 0.832 bits per heavy atom. The van der Waals surface area contributed by atoms with Gasteiger partial charge < -0.3 is 93.2 Å². The zero-order valence-electron chi connectivity index (χ0n) is 93.9. The summed E-state index contributed by atoms with van der Waals surface area (Å²) < 4.78 is 0. The van der Waals surface area contributed by atoms with Gasteiger partial charge >= 0.3 is 0 Å². The average Bonchev–Trinajstić information content (AvgIpc) is 0.883. The van der Waals surface area contributed by atoms with Crippen LogP contribution in [0.4, 0.5) is 0 Å². The van der Waals surface area contributed by atoms with Gasteiger partial charge in [0, 0.05) is 85.1 Å². The van der Waals surface area contributed by atoms with Crippen molar-refractivity contribution >= 4 is 47.3 Å². The molecule has 0 aromatic heterocycles. The Morgan fingerprint density at radius 1 is 0.287 bits per heavy atom. The second kappa shape index (κ2) is 102. The van der Waals surface area contributed by atoms with Gasteiger partial charge in [-0.2, -0.15) is 0 Å². The predicted molar refractivity (Wildman–Crippen MR) is 600 cm³/mol. The molecule has 840 valence electrons. The summed E-state index contributed by atoms with van der Waals surface area (Å²) in [5, 5.41) is 32.9. The number of amides is 8. The van der Waals surface area contributed by atoms with E-state index in [1.54, 1.807) is 29.4 Å². The number of carbonyl (C=O) groups excluding carboxylic acids is 8. The first-order valence-corrected chi connectivity index (χ1v) is 60.5. The number of hydrogen-bond acceptors (Lipinski definition) is 19. The minimum Gasteiger partial charge on any atom is -0.377 e. The molecule has 0 radical (unpaired) electrons. The lowest BCUT2D eigenvalue weighted by molar-refractivity contribution is -0.146. The lowest BCUT2D eigenvalue weighted by Crippen LogP contribution is -2.52. The molecular weight excluding hydrogens is 1790 g/mol. The second-order valence-electron chi connectivity index (χ2n) is 42.5. The standard InChI is InChI=1S/C116H231N17O10/c1-7-13-19-25-31-49-57-65-85-126(99-107(119)134)111(138)103-130(89-69-61-51-33-27-21-15-9-3)115(142)105-132(91-71-63-53-35-29-23-17-11-5)113(140)101-128(109(136)97-122-81-75-80-121-79-73-77-117)87-68-60-56-48-46-44-42-40-38-37-39-41-43-45-47-55-58-66-86-127(100-108(120)135)112(139)104-131(90-70-62-52-34-28-22-16-10-4)116(143)106-133(92-72-64-54-36-30-24-18-12-6)114(141)102-129(88-67-59-50-32-26-20-14-8-2)110(137)98-123-82-76-84-125-95-93-124(94-96-125)83-74-78-118/h9,108,110,121-123,135,137H,3,7-8,10-106,117-118,120H2,1-2,4-6H3,(H2,119,134). The molecule has 0 saturated carbocycles. The van der Waals surface area contributed by atoms with Crippen molar-refractivity contribution in [1.82, 2.24) is 64.9 Å². The molecule has 27 heteroatoms. The van der Waals surface area contributed by atoms with E-state index >= 15 is 4.79 Å². The molecule has 0 bridgehead atoms. The van der Waals surface area contributed by atoms with Crippen LogP contribution in [0.2, 0.25) is 0 Å². The maximum Gasteiger partial charge on any atom is 0.242 e. The van der Waals surface area contributed by atoms with Crippen molar-refractivity contribution in [3.05, 3.63) is 12.7 Å². The summed E-state index contributed by atoms with van der Waals surface area (Å²) in [7, 11) is 0. The third-order valence-corrected chi connectivity index (χ3v) is 29.1. The smallest absolute Gasteiger partial charge is 0.242 e. The van der Waals surface area contributed by atoms with E-state index < -0.39 is 18.4 Å². The number of carbonyl (C=O) groups is 8. The van der Waals surface area contributed by atoms with Crippen molar-refractivity contribution in [2.45, 2.75) is 490 Å². The molecule has 1 fully saturated rings. The van der Waals surface area contributed by atoms with Gasteiger partial charge in [0.1, 0.15) is 12.5 Å². The van der Waals surface area contributed by atoms with Gasteiger partial charge in [0.15, 0.2) is 0 Å². The molecule has 27 nitrogen and oxygen atoms in total. The molecule has 1 heterocycles. The Kier molecular flexibility index (Phi) is 96.6. The number of nitrogens with zero attached hydrogens (tertiary/aromatic N) is 10. The molecule has 2 unspecified atom stereocenters. The van der Waals surface area contributed by atoms with E-state index in [2.05, 4.69) is 66.9 Å².